The number of anilines is 1. The van der Waals surface area contributed by atoms with Crippen LogP contribution in [0, 0.1) is 23.0 Å². The molecule has 0 radical (unpaired) electrons. The van der Waals surface area contributed by atoms with Gasteiger partial charge in [0.25, 0.3) is 0 Å². The van der Waals surface area contributed by atoms with Gasteiger partial charge in [0.2, 0.25) is 5.91 Å². The van der Waals surface area contributed by atoms with Crippen molar-refractivity contribution >= 4 is 23.4 Å². The summed E-state index contributed by atoms with van der Waals surface area (Å²) in [5, 5.41) is 14.4. The van der Waals surface area contributed by atoms with Crippen molar-refractivity contribution in [1.82, 2.24) is 5.32 Å². The SMILES string of the molecule is C[C@@H](NCC(=O)Nc1ccccc1SCC#N)c1ccc(F)c(F)c1. The van der Waals surface area contributed by atoms with Gasteiger partial charge in [-0.2, -0.15) is 5.26 Å². The molecule has 0 fully saturated rings. The Morgan fingerprint density at radius 1 is 1.24 bits per heavy atom. The van der Waals surface area contributed by atoms with Crippen LogP contribution in [-0.4, -0.2) is 18.2 Å². The summed E-state index contributed by atoms with van der Waals surface area (Å²) in [6.45, 7) is 1.77. The fourth-order valence-electron chi connectivity index (χ4n) is 2.15. The van der Waals surface area contributed by atoms with Gasteiger partial charge in [0.1, 0.15) is 0 Å². The maximum absolute atomic E-state index is 13.3. The molecule has 130 valence electrons. The predicted molar refractivity (Wildman–Crippen MR) is 94.2 cm³/mol. The molecule has 0 saturated heterocycles. The maximum atomic E-state index is 13.3. The highest BCUT2D eigenvalue weighted by Gasteiger charge is 2.12. The Bertz CT molecular complexity index is 792. The van der Waals surface area contributed by atoms with Gasteiger partial charge in [-0.3, -0.25) is 4.79 Å². The number of amides is 1. The third kappa shape index (κ3) is 5.55. The number of hydrogen-bond acceptors (Lipinski definition) is 4. The van der Waals surface area contributed by atoms with Crippen LogP contribution < -0.4 is 10.6 Å². The summed E-state index contributed by atoms with van der Waals surface area (Å²) in [6.07, 6.45) is 0. The van der Waals surface area contributed by atoms with Gasteiger partial charge >= 0.3 is 0 Å². The molecule has 7 heteroatoms. The van der Waals surface area contributed by atoms with Crippen LogP contribution in [0.5, 0.6) is 0 Å². The van der Waals surface area contributed by atoms with Crippen LogP contribution in [0.3, 0.4) is 0 Å². The van der Waals surface area contributed by atoms with E-state index in [1.54, 1.807) is 19.1 Å². The topological polar surface area (TPSA) is 64.9 Å². The number of benzene rings is 2. The molecule has 1 atom stereocenters. The van der Waals surface area contributed by atoms with Crippen LogP contribution in [0.1, 0.15) is 18.5 Å². The molecule has 25 heavy (non-hydrogen) atoms. The van der Waals surface area contributed by atoms with E-state index in [1.807, 2.05) is 18.2 Å². The van der Waals surface area contributed by atoms with E-state index >= 15 is 0 Å². The van der Waals surface area contributed by atoms with Gasteiger partial charge in [-0.1, -0.05) is 18.2 Å². The Morgan fingerprint density at radius 2 is 2.00 bits per heavy atom. The number of carbonyl (C=O) groups is 1. The number of thioether (sulfide) groups is 1. The third-order valence-electron chi connectivity index (χ3n) is 3.47. The number of carbonyl (C=O) groups excluding carboxylic acids is 1. The lowest BCUT2D eigenvalue weighted by atomic mass is 10.1. The summed E-state index contributed by atoms with van der Waals surface area (Å²) < 4.78 is 26.2. The highest BCUT2D eigenvalue weighted by atomic mass is 32.2. The molecule has 0 aliphatic carbocycles. The quantitative estimate of drug-likeness (QED) is 0.735. The molecular weight excluding hydrogens is 344 g/mol. The fraction of sp³-hybridized carbons (Fsp3) is 0.222. The van der Waals surface area contributed by atoms with E-state index in [-0.39, 0.29) is 24.2 Å². The average molecular weight is 361 g/mol. The van der Waals surface area contributed by atoms with E-state index in [1.165, 1.54) is 17.8 Å². The molecule has 0 heterocycles. The van der Waals surface area contributed by atoms with Gasteiger partial charge in [-0.25, -0.2) is 8.78 Å². The molecule has 0 bridgehead atoms. The molecule has 0 aliphatic heterocycles. The van der Waals surface area contributed by atoms with Crippen molar-refractivity contribution in [1.29, 1.82) is 5.26 Å². The zero-order chi connectivity index (χ0) is 18.2. The van der Waals surface area contributed by atoms with Gasteiger partial charge in [-0.05, 0) is 36.8 Å². The van der Waals surface area contributed by atoms with Gasteiger partial charge < -0.3 is 10.6 Å². The first kappa shape index (κ1) is 18.9. The molecular formula is C18H17F2N3OS. The zero-order valence-corrected chi connectivity index (χ0v) is 14.4. The van der Waals surface area contributed by atoms with Crippen LogP contribution >= 0.6 is 11.8 Å². The number of nitriles is 1. The van der Waals surface area contributed by atoms with Crippen molar-refractivity contribution in [3.63, 3.8) is 0 Å². The third-order valence-corrected chi connectivity index (χ3v) is 4.41. The first-order chi connectivity index (χ1) is 12.0. The molecule has 0 aromatic heterocycles. The van der Waals surface area contributed by atoms with Crippen molar-refractivity contribution in [3.05, 3.63) is 59.7 Å². The largest absolute Gasteiger partial charge is 0.324 e. The summed E-state index contributed by atoms with van der Waals surface area (Å²) in [7, 11) is 0. The van der Waals surface area contributed by atoms with E-state index in [0.29, 0.717) is 11.3 Å². The van der Waals surface area contributed by atoms with E-state index in [9.17, 15) is 13.6 Å². The Kier molecular flexibility index (Phi) is 6.92. The minimum Gasteiger partial charge on any atom is -0.324 e. The predicted octanol–water partition coefficient (Wildman–Crippen LogP) is 3.87. The molecule has 2 N–H and O–H groups in total. The van der Waals surface area contributed by atoms with Crippen molar-refractivity contribution in [3.8, 4) is 6.07 Å². The summed E-state index contributed by atoms with van der Waals surface area (Å²) in [5.41, 5.74) is 1.19. The summed E-state index contributed by atoms with van der Waals surface area (Å²) >= 11 is 1.34. The first-order valence-electron chi connectivity index (χ1n) is 7.58. The smallest absolute Gasteiger partial charge is 0.238 e. The highest BCUT2D eigenvalue weighted by molar-refractivity contribution is 7.99. The standard InChI is InChI=1S/C18H17F2N3OS/c1-12(13-6-7-14(19)15(20)10-13)22-11-18(24)23-16-4-2-3-5-17(16)25-9-8-21/h2-7,10,12,22H,9,11H2,1H3,(H,23,24)/t12-/m1/s1. The Hall–Kier alpha value is -2.43. The lowest BCUT2D eigenvalue weighted by Crippen LogP contribution is -2.30. The van der Waals surface area contributed by atoms with E-state index in [4.69, 9.17) is 5.26 Å². The second-order valence-corrected chi connectivity index (χ2v) is 6.28. The lowest BCUT2D eigenvalue weighted by Gasteiger charge is -2.15. The normalized spacial score (nSPS) is 11.6. The van der Waals surface area contributed by atoms with Gasteiger partial charge in [0.15, 0.2) is 11.6 Å². The Labute approximate surface area is 149 Å². The summed E-state index contributed by atoms with van der Waals surface area (Å²) in [4.78, 5) is 12.9. The number of para-hydroxylation sites is 1. The van der Waals surface area contributed by atoms with Crippen LogP contribution in [0.2, 0.25) is 0 Å². The first-order valence-corrected chi connectivity index (χ1v) is 8.56. The van der Waals surface area contributed by atoms with E-state index < -0.39 is 11.6 Å². The molecule has 0 spiro atoms. The Morgan fingerprint density at radius 3 is 2.72 bits per heavy atom. The second-order valence-electron chi connectivity index (χ2n) is 5.27. The van der Waals surface area contributed by atoms with Crippen LogP contribution in [-0.2, 0) is 4.79 Å². The molecule has 0 unspecified atom stereocenters. The molecule has 2 rings (SSSR count). The van der Waals surface area contributed by atoms with Crippen molar-refractivity contribution < 1.29 is 13.6 Å². The van der Waals surface area contributed by atoms with Crippen LogP contribution in [0.25, 0.3) is 0 Å². The van der Waals surface area contributed by atoms with E-state index in [0.717, 1.165) is 17.0 Å². The summed E-state index contributed by atoms with van der Waals surface area (Å²) in [6, 6.07) is 12.6. The average Bonchev–Trinajstić information content (AvgIpc) is 2.61. The number of halogens is 2. The van der Waals surface area contributed by atoms with Crippen molar-refractivity contribution in [2.45, 2.75) is 17.9 Å². The number of hydrogen-bond donors (Lipinski definition) is 2. The van der Waals surface area contributed by atoms with Crippen LogP contribution in [0.4, 0.5) is 14.5 Å². The number of nitrogens with zero attached hydrogens (tertiary/aromatic N) is 1. The minimum absolute atomic E-state index is 0.0113. The minimum atomic E-state index is -0.918. The Balaban J connectivity index is 1.92. The lowest BCUT2D eigenvalue weighted by molar-refractivity contribution is -0.115. The fourth-order valence-corrected chi connectivity index (χ4v) is 2.81. The van der Waals surface area contributed by atoms with E-state index in [2.05, 4.69) is 10.6 Å². The van der Waals surface area contributed by atoms with Crippen molar-refractivity contribution in [2.24, 2.45) is 0 Å². The summed E-state index contributed by atoms with van der Waals surface area (Å²) in [5.74, 6) is -1.79. The van der Waals surface area contributed by atoms with Gasteiger partial charge in [-0.15, -0.1) is 11.8 Å². The molecule has 2 aromatic rings. The monoisotopic (exact) mass is 361 g/mol. The molecule has 1 amide bonds. The molecule has 0 saturated carbocycles. The number of nitrogens with one attached hydrogen (secondary N) is 2. The molecule has 0 aliphatic rings. The molecule has 2 aromatic carbocycles. The maximum Gasteiger partial charge on any atom is 0.238 e. The van der Waals surface area contributed by atoms with Gasteiger partial charge in [0.05, 0.1) is 24.1 Å². The zero-order valence-electron chi connectivity index (χ0n) is 13.6. The highest BCUT2D eigenvalue weighted by Crippen LogP contribution is 2.26. The van der Waals surface area contributed by atoms with Crippen LogP contribution in [0.15, 0.2) is 47.4 Å². The molecule has 4 nitrogen and oxygen atoms in total. The second kappa shape index (κ2) is 9.16. The van der Waals surface area contributed by atoms with Crippen molar-refractivity contribution in [2.75, 3.05) is 17.6 Å². The number of rotatable bonds is 7. The van der Waals surface area contributed by atoms with Gasteiger partial charge in [0, 0.05) is 10.9 Å².